The van der Waals surface area contributed by atoms with Gasteiger partial charge in [-0.1, -0.05) is 49.3 Å². The predicted molar refractivity (Wildman–Crippen MR) is 140 cm³/mol. The van der Waals surface area contributed by atoms with Crippen LogP contribution in [0.3, 0.4) is 0 Å². The molecule has 7 nitrogen and oxygen atoms in total. The summed E-state index contributed by atoms with van der Waals surface area (Å²) in [5.74, 6) is 0.509. The van der Waals surface area contributed by atoms with Crippen molar-refractivity contribution in [2.75, 3.05) is 18.0 Å². The van der Waals surface area contributed by atoms with E-state index in [1.807, 2.05) is 32.9 Å². The number of amides is 1. The average Bonchev–Trinajstić information content (AvgIpc) is 3.08. The first-order chi connectivity index (χ1) is 16.3. The first kappa shape index (κ1) is 23.5. The number of anilines is 1. The second-order valence-electron chi connectivity index (χ2n) is 9.54. The third-order valence-electron chi connectivity index (χ3n) is 6.82. The lowest BCUT2D eigenvalue weighted by Gasteiger charge is -2.36. The number of aromatic nitrogens is 2. The minimum absolute atomic E-state index is 0.0123. The van der Waals surface area contributed by atoms with E-state index in [4.69, 9.17) is 21.9 Å². The van der Waals surface area contributed by atoms with Gasteiger partial charge in [0, 0.05) is 25.3 Å². The van der Waals surface area contributed by atoms with Crippen molar-refractivity contribution in [3.8, 4) is 0 Å². The number of hydrogen-bond acceptors (Lipinski definition) is 7. The first-order valence-electron chi connectivity index (χ1n) is 12.0. The fourth-order valence-corrected chi connectivity index (χ4v) is 6.67. The Morgan fingerprint density at radius 2 is 1.85 bits per heavy atom. The van der Waals surface area contributed by atoms with Crippen LogP contribution in [-0.4, -0.2) is 55.9 Å². The van der Waals surface area contributed by atoms with Crippen molar-refractivity contribution in [3.63, 3.8) is 0 Å². The third kappa shape index (κ3) is 4.29. The van der Waals surface area contributed by atoms with Gasteiger partial charge < -0.3 is 9.64 Å². The topological polar surface area (TPSA) is 67.2 Å². The highest BCUT2D eigenvalue weighted by Crippen LogP contribution is 2.38. The normalized spacial score (nSPS) is 25.7. The lowest BCUT2D eigenvalue weighted by atomic mass is 9.94. The van der Waals surface area contributed by atoms with Gasteiger partial charge in [0.25, 0.3) is 11.5 Å². The van der Waals surface area contributed by atoms with E-state index in [0.29, 0.717) is 39.3 Å². The molecule has 4 heterocycles. The minimum atomic E-state index is -0.182. The Balaban J connectivity index is 1.62. The van der Waals surface area contributed by atoms with Crippen LogP contribution in [0.25, 0.3) is 11.7 Å². The molecule has 1 saturated carbocycles. The molecule has 0 bridgehead atoms. The molecule has 180 valence electrons. The van der Waals surface area contributed by atoms with Gasteiger partial charge in [-0.25, -0.2) is 4.98 Å². The number of ether oxygens (including phenoxy) is 1. The van der Waals surface area contributed by atoms with E-state index >= 15 is 0 Å². The molecule has 5 rings (SSSR count). The summed E-state index contributed by atoms with van der Waals surface area (Å²) in [7, 11) is 0. The van der Waals surface area contributed by atoms with Gasteiger partial charge in [0.1, 0.15) is 15.8 Å². The van der Waals surface area contributed by atoms with Crippen LogP contribution in [0.1, 0.15) is 57.1 Å². The molecule has 2 atom stereocenters. The van der Waals surface area contributed by atoms with Crippen LogP contribution in [0.2, 0.25) is 0 Å². The second kappa shape index (κ2) is 9.43. The van der Waals surface area contributed by atoms with E-state index in [9.17, 15) is 9.59 Å². The molecule has 0 N–H and O–H groups in total. The molecule has 2 aromatic rings. The lowest BCUT2D eigenvalue weighted by Crippen LogP contribution is -2.46. The molecule has 0 spiro atoms. The van der Waals surface area contributed by atoms with E-state index in [1.54, 1.807) is 21.6 Å². The summed E-state index contributed by atoms with van der Waals surface area (Å²) < 4.78 is 8.07. The molecule has 0 radical (unpaired) electrons. The van der Waals surface area contributed by atoms with Crippen LogP contribution in [0.15, 0.2) is 28.0 Å². The molecule has 3 aliphatic rings. The third-order valence-corrected chi connectivity index (χ3v) is 8.15. The molecule has 34 heavy (non-hydrogen) atoms. The average molecular weight is 499 g/mol. The van der Waals surface area contributed by atoms with Gasteiger partial charge in [0.2, 0.25) is 0 Å². The number of pyridine rings is 1. The number of nitrogens with zero attached hydrogens (tertiary/aromatic N) is 4. The zero-order valence-corrected chi connectivity index (χ0v) is 21.5. The quantitative estimate of drug-likeness (QED) is 0.465. The maximum atomic E-state index is 13.7. The molecule has 1 aliphatic carbocycles. The summed E-state index contributed by atoms with van der Waals surface area (Å²) >= 11 is 6.90. The smallest absolute Gasteiger partial charge is 0.267 e. The highest BCUT2D eigenvalue weighted by Gasteiger charge is 2.38. The van der Waals surface area contributed by atoms with Crippen LogP contribution < -0.4 is 10.5 Å². The van der Waals surface area contributed by atoms with Crippen molar-refractivity contribution in [2.45, 2.75) is 71.1 Å². The highest BCUT2D eigenvalue weighted by atomic mass is 32.2. The SMILES string of the molecule is Cc1cccn2c(=O)c(/C=C3\SC(=S)N(C4CCCCC4)C3=O)c(N3CC(C)OC(C)C3)nc12. The van der Waals surface area contributed by atoms with Crippen molar-refractivity contribution in [1.29, 1.82) is 0 Å². The van der Waals surface area contributed by atoms with Crippen molar-refractivity contribution in [2.24, 2.45) is 0 Å². The molecule has 0 aromatic carbocycles. The summed E-state index contributed by atoms with van der Waals surface area (Å²) in [4.78, 5) is 36.5. The van der Waals surface area contributed by atoms with E-state index in [-0.39, 0.29) is 29.7 Å². The Labute approximate surface area is 209 Å². The molecule has 2 unspecified atom stereocenters. The van der Waals surface area contributed by atoms with Crippen molar-refractivity contribution < 1.29 is 9.53 Å². The number of hydrogen-bond donors (Lipinski definition) is 0. The van der Waals surface area contributed by atoms with Crippen molar-refractivity contribution in [3.05, 3.63) is 44.7 Å². The Morgan fingerprint density at radius 3 is 2.56 bits per heavy atom. The van der Waals surface area contributed by atoms with Gasteiger partial charge in [0.15, 0.2) is 0 Å². The molecular weight excluding hydrogens is 468 g/mol. The zero-order valence-electron chi connectivity index (χ0n) is 19.8. The van der Waals surface area contributed by atoms with Crippen LogP contribution in [-0.2, 0) is 9.53 Å². The summed E-state index contributed by atoms with van der Waals surface area (Å²) in [6.45, 7) is 7.25. The van der Waals surface area contributed by atoms with Crippen LogP contribution >= 0.6 is 24.0 Å². The fraction of sp³-hybridized carbons (Fsp3) is 0.520. The van der Waals surface area contributed by atoms with E-state index in [2.05, 4.69) is 4.90 Å². The van der Waals surface area contributed by atoms with Crippen LogP contribution in [0.5, 0.6) is 0 Å². The van der Waals surface area contributed by atoms with Gasteiger partial charge in [-0.3, -0.25) is 18.9 Å². The van der Waals surface area contributed by atoms with Gasteiger partial charge in [0.05, 0.1) is 22.7 Å². The van der Waals surface area contributed by atoms with Crippen LogP contribution in [0, 0.1) is 6.92 Å². The summed E-state index contributed by atoms with van der Waals surface area (Å²) in [5, 5.41) is 0. The Bertz CT molecular complexity index is 1220. The molecule has 2 aromatic heterocycles. The number of thiocarbonyl (C=S) groups is 1. The molecule has 1 amide bonds. The monoisotopic (exact) mass is 498 g/mol. The van der Waals surface area contributed by atoms with Crippen molar-refractivity contribution >= 4 is 51.7 Å². The minimum Gasteiger partial charge on any atom is -0.372 e. The summed E-state index contributed by atoms with van der Waals surface area (Å²) in [5.41, 5.74) is 1.79. The number of fused-ring (bicyclic) bond motifs is 1. The number of carbonyl (C=O) groups is 1. The lowest BCUT2D eigenvalue weighted by molar-refractivity contribution is -0.124. The summed E-state index contributed by atoms with van der Waals surface area (Å²) in [6, 6.07) is 3.95. The Kier molecular flexibility index (Phi) is 6.52. The predicted octanol–water partition coefficient (Wildman–Crippen LogP) is 4.15. The molecular formula is C25H30N4O3S2. The Morgan fingerprint density at radius 1 is 1.15 bits per heavy atom. The van der Waals surface area contributed by atoms with Crippen LogP contribution in [0.4, 0.5) is 5.82 Å². The fourth-order valence-electron chi connectivity index (χ4n) is 5.28. The molecule has 9 heteroatoms. The number of morpholine rings is 1. The van der Waals surface area contributed by atoms with Gasteiger partial charge in [-0.2, -0.15) is 0 Å². The molecule has 2 saturated heterocycles. The van der Waals surface area contributed by atoms with E-state index < -0.39 is 0 Å². The van der Waals surface area contributed by atoms with Gasteiger partial charge >= 0.3 is 0 Å². The Hall–Kier alpha value is -2.23. The largest absolute Gasteiger partial charge is 0.372 e. The van der Waals surface area contributed by atoms with E-state index in [1.165, 1.54) is 18.2 Å². The standard InChI is InChI=1S/C25H30N4O3S2/c1-15-8-7-11-28-21(15)26-22(27-13-16(2)32-17(3)14-27)19(23(28)30)12-20-24(31)29(25(33)34-20)18-9-5-4-6-10-18/h7-8,11-12,16-18H,4-6,9-10,13-14H2,1-3H3/b20-12-. The number of carbonyl (C=O) groups excluding carboxylic acids is 1. The molecule has 2 aliphatic heterocycles. The molecule has 3 fully saturated rings. The second-order valence-corrected chi connectivity index (χ2v) is 11.2. The van der Waals surface area contributed by atoms with Gasteiger partial charge in [-0.05, 0) is 51.3 Å². The number of rotatable bonds is 3. The number of thioether (sulfide) groups is 1. The van der Waals surface area contributed by atoms with E-state index in [0.717, 1.165) is 31.2 Å². The first-order valence-corrected chi connectivity index (χ1v) is 13.3. The maximum absolute atomic E-state index is 13.7. The maximum Gasteiger partial charge on any atom is 0.267 e. The zero-order chi connectivity index (χ0) is 24.0. The number of aryl methyl sites for hydroxylation is 1. The van der Waals surface area contributed by atoms with Crippen molar-refractivity contribution in [1.82, 2.24) is 14.3 Å². The van der Waals surface area contributed by atoms with Gasteiger partial charge in [-0.15, -0.1) is 0 Å². The highest BCUT2D eigenvalue weighted by molar-refractivity contribution is 8.26. The summed E-state index contributed by atoms with van der Waals surface area (Å²) in [6.07, 6.45) is 8.88.